The summed E-state index contributed by atoms with van der Waals surface area (Å²) < 4.78 is 37.9. The van der Waals surface area contributed by atoms with E-state index in [2.05, 4.69) is 10.3 Å². The van der Waals surface area contributed by atoms with Gasteiger partial charge >= 0.3 is 6.18 Å². The van der Waals surface area contributed by atoms with Crippen LogP contribution in [0.4, 0.5) is 18.9 Å². The fourth-order valence-corrected chi connectivity index (χ4v) is 2.65. The molecule has 0 unspecified atom stereocenters. The van der Waals surface area contributed by atoms with Gasteiger partial charge in [-0.05, 0) is 18.2 Å². The number of rotatable bonds is 2. The van der Waals surface area contributed by atoms with Crippen LogP contribution >= 0.6 is 34.5 Å². The van der Waals surface area contributed by atoms with Crippen molar-refractivity contribution in [3.63, 3.8) is 0 Å². The zero-order valence-corrected chi connectivity index (χ0v) is 11.8. The lowest BCUT2D eigenvalue weighted by molar-refractivity contribution is -0.141. The molecule has 0 aliphatic rings. The highest BCUT2D eigenvalue weighted by Gasteiger charge is 2.38. The molecule has 1 aromatic carbocycles. The number of hydrogen-bond acceptors (Lipinski definition) is 3. The maximum absolute atomic E-state index is 12.6. The van der Waals surface area contributed by atoms with E-state index in [1.807, 2.05) is 0 Å². The second kappa shape index (κ2) is 5.59. The van der Waals surface area contributed by atoms with Crippen LogP contribution in [-0.4, -0.2) is 10.9 Å². The molecule has 2 aromatic rings. The van der Waals surface area contributed by atoms with Gasteiger partial charge in [-0.2, -0.15) is 13.2 Å². The number of carbonyl (C=O) groups excluding carboxylic acids is 1. The third-order valence-electron chi connectivity index (χ3n) is 2.16. The van der Waals surface area contributed by atoms with E-state index in [0.717, 1.165) is 5.51 Å². The summed E-state index contributed by atoms with van der Waals surface area (Å²) in [5, 5.41) is 2.82. The number of nitrogens with zero attached hydrogens (tertiary/aromatic N) is 1. The van der Waals surface area contributed by atoms with Crippen molar-refractivity contribution in [1.82, 2.24) is 4.98 Å². The maximum atomic E-state index is 12.6. The van der Waals surface area contributed by atoms with Crippen LogP contribution in [0, 0.1) is 0 Å². The van der Waals surface area contributed by atoms with Gasteiger partial charge in [-0.15, -0.1) is 11.3 Å². The Balaban J connectivity index is 2.27. The lowest BCUT2D eigenvalue weighted by Crippen LogP contribution is -2.17. The first kappa shape index (κ1) is 15.1. The minimum Gasteiger partial charge on any atom is -0.321 e. The van der Waals surface area contributed by atoms with Gasteiger partial charge < -0.3 is 5.32 Å². The van der Waals surface area contributed by atoms with Crippen molar-refractivity contribution in [3.05, 3.63) is 44.3 Å². The minimum atomic E-state index is -4.68. The number of amides is 1. The number of halogens is 5. The second-order valence-corrected chi connectivity index (χ2v) is 5.37. The smallest absolute Gasteiger partial charge is 0.321 e. The van der Waals surface area contributed by atoms with E-state index in [0.29, 0.717) is 11.3 Å². The van der Waals surface area contributed by atoms with Crippen molar-refractivity contribution in [3.8, 4) is 0 Å². The fraction of sp³-hybridized carbons (Fsp3) is 0.0909. The third kappa shape index (κ3) is 3.41. The van der Waals surface area contributed by atoms with Gasteiger partial charge in [-0.25, -0.2) is 4.98 Å². The topological polar surface area (TPSA) is 42.0 Å². The van der Waals surface area contributed by atoms with Crippen LogP contribution in [0.5, 0.6) is 0 Å². The van der Waals surface area contributed by atoms with E-state index in [1.165, 1.54) is 18.2 Å². The molecule has 1 aromatic heterocycles. The minimum absolute atomic E-state index is 0.203. The molecule has 2 rings (SSSR count). The average Bonchev–Trinajstić information content (AvgIpc) is 2.75. The molecule has 1 N–H and O–H groups in total. The molecule has 0 bridgehead atoms. The molecule has 1 amide bonds. The predicted octanol–water partition coefficient (Wildman–Crippen LogP) is 4.72. The summed E-state index contributed by atoms with van der Waals surface area (Å²) in [6, 6.07) is 4.19. The number of nitrogens with one attached hydrogen (secondary N) is 1. The summed E-state index contributed by atoms with van der Waals surface area (Å²) in [4.78, 5) is 14.5. The van der Waals surface area contributed by atoms with Crippen LogP contribution in [0.25, 0.3) is 0 Å². The number of carbonyl (C=O) groups is 1. The standard InChI is InChI=1S/C11H5Cl2F3N2OS/c12-5-1-6(13)3-7(2-5)18-10(19)8-9(11(14,15)16)17-4-20-8/h1-4H,(H,18,19). The zero-order valence-electron chi connectivity index (χ0n) is 9.46. The van der Waals surface area contributed by atoms with E-state index in [4.69, 9.17) is 23.2 Å². The van der Waals surface area contributed by atoms with Crippen molar-refractivity contribution in [2.45, 2.75) is 6.18 Å². The lowest BCUT2D eigenvalue weighted by atomic mass is 10.3. The first-order valence-electron chi connectivity index (χ1n) is 5.05. The Kier molecular flexibility index (Phi) is 4.22. The molecule has 0 saturated carbocycles. The number of aromatic nitrogens is 1. The summed E-state index contributed by atoms with van der Waals surface area (Å²) >= 11 is 12.1. The van der Waals surface area contributed by atoms with Gasteiger partial charge in [0.25, 0.3) is 5.91 Å². The summed E-state index contributed by atoms with van der Waals surface area (Å²) in [6.07, 6.45) is -4.68. The Hall–Kier alpha value is -1.31. The van der Waals surface area contributed by atoms with Gasteiger partial charge in [0.15, 0.2) is 5.69 Å². The molecule has 0 fully saturated rings. The molecular weight excluding hydrogens is 336 g/mol. The fourth-order valence-electron chi connectivity index (χ4n) is 1.42. The highest BCUT2D eigenvalue weighted by atomic mass is 35.5. The first-order chi connectivity index (χ1) is 9.27. The SMILES string of the molecule is O=C(Nc1cc(Cl)cc(Cl)c1)c1scnc1C(F)(F)F. The summed E-state index contributed by atoms with van der Waals surface area (Å²) in [6.45, 7) is 0. The van der Waals surface area contributed by atoms with Gasteiger partial charge in [0.1, 0.15) is 4.88 Å². The molecular formula is C11H5Cl2F3N2OS. The third-order valence-corrected chi connectivity index (χ3v) is 3.42. The molecule has 3 nitrogen and oxygen atoms in total. The van der Waals surface area contributed by atoms with Gasteiger partial charge in [-0.1, -0.05) is 23.2 Å². The van der Waals surface area contributed by atoms with Gasteiger partial charge in [-0.3, -0.25) is 4.79 Å². The summed E-state index contributed by atoms with van der Waals surface area (Å²) in [7, 11) is 0. The number of alkyl halides is 3. The molecule has 20 heavy (non-hydrogen) atoms. The predicted molar refractivity (Wildman–Crippen MR) is 71.5 cm³/mol. The number of anilines is 1. The summed E-state index contributed by atoms with van der Waals surface area (Å²) in [5.74, 6) is -0.918. The molecule has 0 saturated heterocycles. The van der Waals surface area contributed by atoms with E-state index >= 15 is 0 Å². The average molecular weight is 341 g/mol. The zero-order chi connectivity index (χ0) is 14.9. The highest BCUT2D eigenvalue weighted by Crippen LogP contribution is 2.33. The Bertz CT molecular complexity index is 637. The van der Waals surface area contributed by atoms with E-state index in [-0.39, 0.29) is 15.7 Å². The van der Waals surface area contributed by atoms with Crippen LogP contribution < -0.4 is 5.32 Å². The van der Waals surface area contributed by atoms with Gasteiger partial charge in [0, 0.05) is 15.7 Å². The number of benzene rings is 1. The van der Waals surface area contributed by atoms with Crippen LogP contribution in [0.1, 0.15) is 15.4 Å². The van der Waals surface area contributed by atoms with Crippen molar-refractivity contribution in [1.29, 1.82) is 0 Å². The Morgan fingerprint density at radius 1 is 1.20 bits per heavy atom. The monoisotopic (exact) mass is 340 g/mol. The molecule has 106 valence electrons. The van der Waals surface area contributed by atoms with Crippen LogP contribution in [0.15, 0.2) is 23.7 Å². The van der Waals surface area contributed by atoms with Crippen LogP contribution in [0.2, 0.25) is 10.0 Å². The molecule has 9 heteroatoms. The van der Waals surface area contributed by atoms with E-state index in [9.17, 15) is 18.0 Å². The molecule has 0 radical (unpaired) electrons. The molecule has 1 heterocycles. The highest BCUT2D eigenvalue weighted by molar-refractivity contribution is 7.12. The van der Waals surface area contributed by atoms with Crippen molar-refractivity contribution >= 4 is 46.1 Å². The second-order valence-electron chi connectivity index (χ2n) is 3.64. The number of hydrogen-bond donors (Lipinski definition) is 1. The van der Waals surface area contributed by atoms with Crippen LogP contribution in [-0.2, 0) is 6.18 Å². The van der Waals surface area contributed by atoms with Gasteiger partial charge in [0.05, 0.1) is 5.51 Å². The van der Waals surface area contributed by atoms with Gasteiger partial charge in [0.2, 0.25) is 0 Å². The summed E-state index contributed by atoms with van der Waals surface area (Å²) in [5.41, 5.74) is -0.0509. The van der Waals surface area contributed by atoms with E-state index < -0.39 is 22.7 Å². The lowest BCUT2D eigenvalue weighted by Gasteiger charge is -2.08. The molecule has 0 atom stereocenters. The van der Waals surface area contributed by atoms with E-state index in [1.54, 1.807) is 0 Å². The normalized spacial score (nSPS) is 11.4. The molecule has 0 aliphatic heterocycles. The maximum Gasteiger partial charge on any atom is 0.434 e. The Morgan fingerprint density at radius 2 is 1.80 bits per heavy atom. The Labute approximate surface area is 125 Å². The number of thiazole rings is 1. The van der Waals surface area contributed by atoms with Crippen LogP contribution in [0.3, 0.4) is 0 Å². The quantitative estimate of drug-likeness (QED) is 0.859. The van der Waals surface area contributed by atoms with Crippen molar-refractivity contribution in [2.75, 3.05) is 5.32 Å². The Morgan fingerprint density at radius 3 is 2.35 bits per heavy atom. The van der Waals surface area contributed by atoms with Crippen molar-refractivity contribution in [2.24, 2.45) is 0 Å². The van der Waals surface area contributed by atoms with Crippen molar-refractivity contribution < 1.29 is 18.0 Å². The molecule has 0 spiro atoms. The first-order valence-corrected chi connectivity index (χ1v) is 6.69. The largest absolute Gasteiger partial charge is 0.434 e. The molecule has 0 aliphatic carbocycles.